The third-order valence-corrected chi connectivity index (χ3v) is 3.38. The standard InChI is InChI=1S/C16H24ClFO/c1-11(10-16(2,3)4)7-13(19)8-12-5-6-15(18)14(17)9-12/h5-6,9,11,13,19H,7-8,10H2,1-4H3. The van der Waals surface area contributed by atoms with Crippen LogP contribution in [0, 0.1) is 17.2 Å². The smallest absolute Gasteiger partial charge is 0.141 e. The van der Waals surface area contributed by atoms with Gasteiger partial charge in [-0.1, -0.05) is 45.4 Å². The summed E-state index contributed by atoms with van der Waals surface area (Å²) in [5, 5.41) is 10.2. The second kappa shape index (κ2) is 6.71. The van der Waals surface area contributed by atoms with Crippen molar-refractivity contribution in [3.8, 4) is 0 Å². The molecule has 19 heavy (non-hydrogen) atoms. The molecule has 0 bridgehead atoms. The lowest BCUT2D eigenvalue weighted by molar-refractivity contribution is 0.133. The number of hydrogen-bond acceptors (Lipinski definition) is 1. The lowest BCUT2D eigenvalue weighted by atomic mass is 9.83. The van der Waals surface area contributed by atoms with E-state index in [0.717, 1.165) is 18.4 Å². The molecule has 1 aromatic carbocycles. The molecule has 0 aliphatic carbocycles. The van der Waals surface area contributed by atoms with Gasteiger partial charge in [0.05, 0.1) is 11.1 Å². The van der Waals surface area contributed by atoms with Gasteiger partial charge in [-0.3, -0.25) is 0 Å². The van der Waals surface area contributed by atoms with Crippen LogP contribution in [-0.2, 0) is 6.42 Å². The fourth-order valence-electron chi connectivity index (χ4n) is 2.62. The molecule has 0 heterocycles. The molecule has 1 aromatic rings. The van der Waals surface area contributed by atoms with Crippen molar-refractivity contribution in [1.82, 2.24) is 0 Å². The second-order valence-electron chi connectivity index (χ2n) is 6.71. The van der Waals surface area contributed by atoms with Gasteiger partial charge >= 0.3 is 0 Å². The molecule has 0 spiro atoms. The molecular weight excluding hydrogens is 263 g/mol. The molecular formula is C16H24ClFO. The van der Waals surface area contributed by atoms with E-state index in [4.69, 9.17) is 11.6 Å². The molecule has 1 rings (SSSR count). The highest BCUT2D eigenvalue weighted by Crippen LogP contribution is 2.27. The van der Waals surface area contributed by atoms with Crippen LogP contribution in [-0.4, -0.2) is 11.2 Å². The summed E-state index contributed by atoms with van der Waals surface area (Å²) in [6, 6.07) is 4.62. The third-order valence-electron chi connectivity index (χ3n) is 3.09. The first-order valence-electron chi connectivity index (χ1n) is 6.79. The van der Waals surface area contributed by atoms with Gasteiger partial charge in [-0.05, 0) is 48.3 Å². The average Bonchev–Trinajstić information content (AvgIpc) is 2.20. The number of benzene rings is 1. The van der Waals surface area contributed by atoms with Crippen LogP contribution in [0.1, 0.15) is 46.1 Å². The Morgan fingerprint density at radius 3 is 2.47 bits per heavy atom. The Bertz CT molecular complexity index is 412. The summed E-state index contributed by atoms with van der Waals surface area (Å²) in [6.07, 6.45) is 1.95. The predicted octanol–water partition coefficient (Wildman–Crippen LogP) is 4.84. The van der Waals surface area contributed by atoms with Gasteiger partial charge in [-0.25, -0.2) is 4.39 Å². The Hall–Kier alpha value is -0.600. The Morgan fingerprint density at radius 1 is 1.32 bits per heavy atom. The van der Waals surface area contributed by atoms with E-state index in [9.17, 15) is 9.50 Å². The summed E-state index contributed by atoms with van der Waals surface area (Å²) >= 11 is 5.73. The highest BCUT2D eigenvalue weighted by Gasteiger charge is 2.18. The molecule has 1 N–H and O–H groups in total. The molecule has 2 atom stereocenters. The van der Waals surface area contributed by atoms with Gasteiger partial charge in [-0.2, -0.15) is 0 Å². The zero-order valence-corrected chi connectivity index (χ0v) is 13.0. The number of halogens is 2. The molecule has 0 radical (unpaired) electrons. The lowest BCUT2D eigenvalue weighted by Crippen LogP contribution is -2.18. The van der Waals surface area contributed by atoms with Crippen molar-refractivity contribution in [3.05, 3.63) is 34.6 Å². The van der Waals surface area contributed by atoms with Gasteiger partial charge in [0.2, 0.25) is 0 Å². The largest absolute Gasteiger partial charge is 0.393 e. The summed E-state index contributed by atoms with van der Waals surface area (Å²) in [4.78, 5) is 0. The van der Waals surface area contributed by atoms with E-state index < -0.39 is 11.9 Å². The maximum atomic E-state index is 13.0. The molecule has 0 saturated carbocycles. The number of aliphatic hydroxyl groups excluding tert-OH is 1. The molecule has 0 aliphatic heterocycles. The Kier molecular flexibility index (Phi) is 5.82. The van der Waals surface area contributed by atoms with Gasteiger partial charge in [0.1, 0.15) is 5.82 Å². The van der Waals surface area contributed by atoms with E-state index in [1.54, 1.807) is 12.1 Å². The van der Waals surface area contributed by atoms with Crippen molar-refractivity contribution < 1.29 is 9.50 Å². The molecule has 0 fully saturated rings. The van der Waals surface area contributed by atoms with E-state index >= 15 is 0 Å². The topological polar surface area (TPSA) is 20.2 Å². The molecule has 0 aromatic heterocycles. The monoisotopic (exact) mass is 286 g/mol. The van der Waals surface area contributed by atoms with Crippen LogP contribution in [0.2, 0.25) is 5.02 Å². The molecule has 0 aliphatic rings. The van der Waals surface area contributed by atoms with Crippen LogP contribution in [0.25, 0.3) is 0 Å². The maximum absolute atomic E-state index is 13.0. The first-order chi connectivity index (χ1) is 8.67. The predicted molar refractivity (Wildman–Crippen MR) is 79.0 cm³/mol. The molecule has 108 valence electrons. The van der Waals surface area contributed by atoms with E-state index in [1.807, 2.05) is 0 Å². The SMILES string of the molecule is CC(CC(O)Cc1ccc(F)c(Cl)c1)CC(C)(C)C. The van der Waals surface area contributed by atoms with Crippen molar-refractivity contribution in [2.45, 2.75) is 53.1 Å². The quantitative estimate of drug-likeness (QED) is 0.821. The highest BCUT2D eigenvalue weighted by molar-refractivity contribution is 6.30. The van der Waals surface area contributed by atoms with Crippen molar-refractivity contribution in [2.75, 3.05) is 0 Å². The Balaban J connectivity index is 2.50. The minimum Gasteiger partial charge on any atom is -0.393 e. The Morgan fingerprint density at radius 2 is 1.95 bits per heavy atom. The highest BCUT2D eigenvalue weighted by atomic mass is 35.5. The first kappa shape index (κ1) is 16.5. The van der Waals surface area contributed by atoms with Crippen molar-refractivity contribution in [1.29, 1.82) is 0 Å². The molecule has 1 nitrogen and oxygen atoms in total. The summed E-state index contributed by atoms with van der Waals surface area (Å²) < 4.78 is 13.0. The molecule has 3 heteroatoms. The average molecular weight is 287 g/mol. The van der Waals surface area contributed by atoms with Crippen LogP contribution in [0.4, 0.5) is 4.39 Å². The maximum Gasteiger partial charge on any atom is 0.141 e. The minimum atomic E-state index is -0.416. The van der Waals surface area contributed by atoms with Gasteiger partial charge < -0.3 is 5.11 Å². The van der Waals surface area contributed by atoms with E-state index in [-0.39, 0.29) is 10.4 Å². The second-order valence-corrected chi connectivity index (χ2v) is 7.12. The van der Waals surface area contributed by atoms with Gasteiger partial charge in [-0.15, -0.1) is 0 Å². The van der Waals surface area contributed by atoms with Crippen LogP contribution in [0.15, 0.2) is 18.2 Å². The number of aliphatic hydroxyl groups is 1. The summed E-state index contributed by atoms with van der Waals surface area (Å²) in [7, 11) is 0. The van der Waals surface area contributed by atoms with Crippen LogP contribution in [0.3, 0.4) is 0 Å². The fraction of sp³-hybridized carbons (Fsp3) is 0.625. The van der Waals surface area contributed by atoms with Crippen molar-refractivity contribution in [3.63, 3.8) is 0 Å². The van der Waals surface area contributed by atoms with Gasteiger partial charge in [0.25, 0.3) is 0 Å². The molecule has 0 amide bonds. The summed E-state index contributed by atoms with van der Waals surface area (Å²) in [5.41, 5.74) is 1.15. The molecule has 2 unspecified atom stereocenters. The van der Waals surface area contributed by atoms with E-state index in [1.165, 1.54) is 6.07 Å². The lowest BCUT2D eigenvalue weighted by Gasteiger charge is -2.25. The summed E-state index contributed by atoms with van der Waals surface area (Å²) in [5.74, 6) is 0.0481. The van der Waals surface area contributed by atoms with Crippen molar-refractivity contribution >= 4 is 11.6 Å². The van der Waals surface area contributed by atoms with Crippen molar-refractivity contribution in [2.24, 2.45) is 11.3 Å². The van der Waals surface area contributed by atoms with Gasteiger partial charge in [0.15, 0.2) is 0 Å². The minimum absolute atomic E-state index is 0.118. The first-order valence-corrected chi connectivity index (χ1v) is 7.17. The van der Waals surface area contributed by atoms with Crippen LogP contribution in [0.5, 0.6) is 0 Å². The third kappa shape index (κ3) is 6.40. The van der Waals surface area contributed by atoms with Gasteiger partial charge in [0, 0.05) is 0 Å². The summed E-state index contributed by atoms with van der Waals surface area (Å²) in [6.45, 7) is 8.77. The van der Waals surface area contributed by atoms with E-state index in [2.05, 4.69) is 27.7 Å². The normalized spacial score (nSPS) is 15.3. The van der Waals surface area contributed by atoms with E-state index in [0.29, 0.717) is 12.3 Å². The number of hydrogen-bond donors (Lipinski definition) is 1. The molecule has 0 saturated heterocycles. The van der Waals surface area contributed by atoms with Crippen LogP contribution < -0.4 is 0 Å². The zero-order valence-electron chi connectivity index (χ0n) is 12.2. The number of rotatable bonds is 5. The van der Waals surface area contributed by atoms with Crippen LogP contribution >= 0.6 is 11.6 Å². The fourth-order valence-corrected chi connectivity index (χ4v) is 2.82. The Labute approximate surface area is 120 Å². The zero-order chi connectivity index (χ0) is 14.6.